The Labute approximate surface area is 119 Å². The standard InChI is InChI=1S/C17H11F2NO/c18-14-7-6-13(11-3-1-2-4-12(11)14)17(21)10-5-8-16(20)15(19)9-10/h1-9H,20H2. The lowest BCUT2D eigenvalue weighted by molar-refractivity contribution is 0.104. The molecule has 0 spiro atoms. The van der Waals surface area contributed by atoms with Crippen LogP contribution < -0.4 is 5.73 Å². The van der Waals surface area contributed by atoms with Crippen LogP contribution in [0.5, 0.6) is 0 Å². The van der Waals surface area contributed by atoms with Crippen LogP contribution >= 0.6 is 0 Å². The molecule has 2 N–H and O–H groups in total. The van der Waals surface area contributed by atoms with E-state index in [1.165, 1.54) is 24.3 Å². The van der Waals surface area contributed by atoms with Gasteiger partial charge < -0.3 is 5.73 Å². The number of nitrogens with two attached hydrogens (primary N) is 1. The van der Waals surface area contributed by atoms with E-state index in [4.69, 9.17) is 5.73 Å². The van der Waals surface area contributed by atoms with Crippen molar-refractivity contribution >= 4 is 22.2 Å². The van der Waals surface area contributed by atoms with Gasteiger partial charge in [0.15, 0.2) is 5.78 Å². The number of hydrogen-bond acceptors (Lipinski definition) is 2. The van der Waals surface area contributed by atoms with Gasteiger partial charge in [-0.05, 0) is 35.7 Å². The number of benzene rings is 3. The Hall–Kier alpha value is -2.75. The van der Waals surface area contributed by atoms with E-state index in [0.29, 0.717) is 16.3 Å². The van der Waals surface area contributed by atoms with Gasteiger partial charge in [-0.1, -0.05) is 24.3 Å². The molecule has 0 aromatic heterocycles. The number of hydrogen-bond donors (Lipinski definition) is 1. The third-order valence-electron chi connectivity index (χ3n) is 3.38. The summed E-state index contributed by atoms with van der Waals surface area (Å²) in [6.45, 7) is 0. The molecule has 0 amide bonds. The van der Waals surface area contributed by atoms with Crippen molar-refractivity contribution in [3.05, 3.63) is 77.4 Å². The minimum absolute atomic E-state index is 0.0180. The predicted molar refractivity (Wildman–Crippen MR) is 78.2 cm³/mol. The number of carbonyl (C=O) groups is 1. The van der Waals surface area contributed by atoms with Gasteiger partial charge in [0, 0.05) is 16.5 Å². The van der Waals surface area contributed by atoms with Crippen LogP contribution in [0.15, 0.2) is 54.6 Å². The van der Waals surface area contributed by atoms with Crippen LogP contribution in [0.25, 0.3) is 10.8 Å². The maximum Gasteiger partial charge on any atom is 0.193 e. The summed E-state index contributed by atoms with van der Waals surface area (Å²) in [6, 6.07) is 13.2. The summed E-state index contributed by atoms with van der Waals surface area (Å²) < 4.78 is 27.3. The highest BCUT2D eigenvalue weighted by Crippen LogP contribution is 2.24. The fraction of sp³-hybridized carbons (Fsp3) is 0. The first-order valence-corrected chi connectivity index (χ1v) is 6.35. The molecular formula is C17H11F2NO. The third-order valence-corrected chi connectivity index (χ3v) is 3.38. The van der Waals surface area contributed by atoms with Crippen molar-refractivity contribution in [1.82, 2.24) is 0 Å². The van der Waals surface area contributed by atoms with Crippen molar-refractivity contribution in [2.45, 2.75) is 0 Å². The number of anilines is 1. The fourth-order valence-corrected chi connectivity index (χ4v) is 2.28. The Bertz CT molecular complexity index is 859. The third kappa shape index (κ3) is 2.25. The molecule has 0 saturated heterocycles. The molecule has 0 atom stereocenters. The predicted octanol–water partition coefficient (Wildman–Crippen LogP) is 3.93. The number of ketones is 1. The Morgan fingerprint density at radius 1 is 0.857 bits per heavy atom. The van der Waals surface area contributed by atoms with E-state index in [-0.39, 0.29) is 17.0 Å². The van der Waals surface area contributed by atoms with Crippen molar-refractivity contribution in [3.63, 3.8) is 0 Å². The van der Waals surface area contributed by atoms with Gasteiger partial charge in [-0.3, -0.25) is 4.79 Å². The number of rotatable bonds is 2. The molecule has 104 valence electrons. The maximum absolute atomic E-state index is 13.8. The van der Waals surface area contributed by atoms with E-state index in [9.17, 15) is 13.6 Å². The molecule has 2 nitrogen and oxygen atoms in total. The molecule has 3 aromatic carbocycles. The molecule has 3 rings (SSSR count). The number of halogens is 2. The van der Waals surface area contributed by atoms with Gasteiger partial charge in [0.25, 0.3) is 0 Å². The molecule has 3 aromatic rings. The average molecular weight is 283 g/mol. The Balaban J connectivity index is 2.18. The number of carbonyl (C=O) groups excluding carboxylic acids is 1. The molecule has 0 aliphatic heterocycles. The van der Waals surface area contributed by atoms with Crippen LogP contribution in [0.1, 0.15) is 15.9 Å². The smallest absolute Gasteiger partial charge is 0.193 e. The van der Waals surface area contributed by atoms with Crippen molar-refractivity contribution < 1.29 is 13.6 Å². The molecule has 4 heteroatoms. The maximum atomic E-state index is 13.8. The Morgan fingerprint density at radius 3 is 2.29 bits per heavy atom. The topological polar surface area (TPSA) is 43.1 Å². The number of nitrogen functional groups attached to an aromatic ring is 1. The van der Waals surface area contributed by atoms with Crippen LogP contribution in [-0.2, 0) is 0 Å². The second kappa shape index (κ2) is 4.98. The molecule has 0 aliphatic carbocycles. The summed E-state index contributed by atoms with van der Waals surface area (Å²) in [5.41, 5.74) is 5.89. The van der Waals surface area contributed by atoms with E-state index >= 15 is 0 Å². The molecule has 0 fully saturated rings. The lowest BCUT2D eigenvalue weighted by Crippen LogP contribution is -2.04. The average Bonchev–Trinajstić information content (AvgIpc) is 2.50. The highest BCUT2D eigenvalue weighted by Gasteiger charge is 2.15. The molecule has 0 heterocycles. The lowest BCUT2D eigenvalue weighted by atomic mass is 9.97. The van der Waals surface area contributed by atoms with Gasteiger partial charge in [-0.2, -0.15) is 0 Å². The minimum atomic E-state index is -0.646. The second-order valence-electron chi connectivity index (χ2n) is 4.71. The van der Waals surface area contributed by atoms with Crippen LogP contribution in [0.2, 0.25) is 0 Å². The first-order valence-electron chi connectivity index (χ1n) is 6.35. The highest BCUT2D eigenvalue weighted by molar-refractivity contribution is 6.16. The fourth-order valence-electron chi connectivity index (χ4n) is 2.28. The monoisotopic (exact) mass is 283 g/mol. The van der Waals surface area contributed by atoms with E-state index < -0.39 is 11.6 Å². The summed E-state index contributed by atoms with van der Waals surface area (Å²) in [5, 5.41) is 0.860. The van der Waals surface area contributed by atoms with E-state index in [2.05, 4.69) is 0 Å². The normalized spacial score (nSPS) is 10.8. The first-order chi connectivity index (χ1) is 10.1. The summed E-state index contributed by atoms with van der Waals surface area (Å²) >= 11 is 0. The minimum Gasteiger partial charge on any atom is -0.396 e. The highest BCUT2D eigenvalue weighted by atomic mass is 19.1. The first kappa shape index (κ1) is 13.2. The van der Waals surface area contributed by atoms with E-state index in [0.717, 1.165) is 6.07 Å². The van der Waals surface area contributed by atoms with Crippen LogP contribution in [0.3, 0.4) is 0 Å². The molecule has 21 heavy (non-hydrogen) atoms. The summed E-state index contributed by atoms with van der Waals surface area (Å²) in [4.78, 5) is 12.5. The van der Waals surface area contributed by atoms with Crippen LogP contribution in [-0.4, -0.2) is 5.78 Å². The summed E-state index contributed by atoms with van der Waals surface area (Å²) in [7, 11) is 0. The van der Waals surface area contributed by atoms with Gasteiger partial charge in [-0.25, -0.2) is 8.78 Å². The van der Waals surface area contributed by atoms with Gasteiger partial charge >= 0.3 is 0 Å². The molecule has 0 bridgehead atoms. The van der Waals surface area contributed by atoms with Crippen LogP contribution in [0.4, 0.5) is 14.5 Å². The SMILES string of the molecule is Nc1ccc(C(=O)c2ccc(F)c3ccccc23)cc1F. The van der Waals surface area contributed by atoms with Gasteiger partial charge in [-0.15, -0.1) is 0 Å². The van der Waals surface area contributed by atoms with Crippen molar-refractivity contribution in [2.75, 3.05) is 5.73 Å². The zero-order chi connectivity index (χ0) is 15.0. The summed E-state index contributed by atoms with van der Waals surface area (Å²) in [6.07, 6.45) is 0. The zero-order valence-corrected chi connectivity index (χ0v) is 10.9. The Morgan fingerprint density at radius 2 is 1.57 bits per heavy atom. The zero-order valence-electron chi connectivity index (χ0n) is 10.9. The van der Waals surface area contributed by atoms with E-state index in [1.54, 1.807) is 24.3 Å². The quantitative estimate of drug-likeness (QED) is 0.572. The van der Waals surface area contributed by atoms with Gasteiger partial charge in [0.05, 0.1) is 5.69 Å². The second-order valence-corrected chi connectivity index (χ2v) is 4.71. The van der Waals surface area contributed by atoms with Crippen molar-refractivity contribution in [1.29, 1.82) is 0 Å². The molecular weight excluding hydrogens is 272 g/mol. The van der Waals surface area contributed by atoms with Crippen molar-refractivity contribution in [2.24, 2.45) is 0 Å². The van der Waals surface area contributed by atoms with Crippen LogP contribution in [0, 0.1) is 11.6 Å². The van der Waals surface area contributed by atoms with Crippen molar-refractivity contribution in [3.8, 4) is 0 Å². The molecule has 0 aliphatic rings. The summed E-state index contributed by atoms with van der Waals surface area (Å²) in [5.74, 6) is -1.41. The van der Waals surface area contributed by atoms with Gasteiger partial charge in [0.2, 0.25) is 0 Å². The Kier molecular flexibility index (Phi) is 3.14. The molecule has 0 unspecified atom stereocenters. The number of fused-ring (bicyclic) bond motifs is 1. The lowest BCUT2D eigenvalue weighted by Gasteiger charge is -2.07. The molecule has 0 radical (unpaired) electrons. The van der Waals surface area contributed by atoms with Gasteiger partial charge in [0.1, 0.15) is 11.6 Å². The largest absolute Gasteiger partial charge is 0.396 e. The molecule has 0 saturated carbocycles. The van der Waals surface area contributed by atoms with E-state index in [1.807, 2.05) is 0 Å².